The van der Waals surface area contributed by atoms with Gasteiger partial charge >= 0.3 is 0 Å². The normalized spacial score (nSPS) is 14.8. The number of amides is 1. The maximum atomic E-state index is 13.3. The Morgan fingerprint density at radius 3 is 2.50 bits per heavy atom. The van der Waals surface area contributed by atoms with Crippen molar-refractivity contribution in [2.45, 2.75) is 37.6 Å². The van der Waals surface area contributed by atoms with Crippen LogP contribution in [-0.4, -0.2) is 46.5 Å². The lowest BCUT2D eigenvalue weighted by atomic mass is 10.1. The number of pyridine rings is 1. The van der Waals surface area contributed by atoms with Gasteiger partial charge in [-0.15, -0.1) is 11.3 Å². The Bertz CT molecular complexity index is 1440. The fourth-order valence-corrected chi connectivity index (χ4v) is 6.32. The van der Waals surface area contributed by atoms with Gasteiger partial charge in [-0.2, -0.15) is 9.40 Å². The minimum Gasteiger partial charge on any atom is -0.322 e. The second-order valence-corrected chi connectivity index (χ2v) is 11.4. The molecule has 1 aliphatic rings. The molecule has 0 radical (unpaired) electrons. The molecule has 8 nitrogen and oxygen atoms in total. The minimum absolute atomic E-state index is 0.0876. The summed E-state index contributed by atoms with van der Waals surface area (Å²) in [6, 6.07) is 12.1. The molecule has 5 rings (SSSR count). The second kappa shape index (κ2) is 8.94. The molecule has 1 aliphatic heterocycles. The van der Waals surface area contributed by atoms with E-state index in [-0.39, 0.29) is 16.8 Å². The van der Waals surface area contributed by atoms with Crippen LogP contribution in [0.15, 0.2) is 58.9 Å². The number of thiophene rings is 1. The van der Waals surface area contributed by atoms with Crippen LogP contribution in [0.1, 0.15) is 43.1 Å². The Morgan fingerprint density at radius 2 is 1.85 bits per heavy atom. The molecule has 0 spiro atoms. The summed E-state index contributed by atoms with van der Waals surface area (Å²) >= 11 is 1.56. The molecular weight excluding hydrogens is 470 g/mol. The molecule has 4 aromatic rings. The Hall–Kier alpha value is -3.08. The first-order valence-corrected chi connectivity index (χ1v) is 13.5. The van der Waals surface area contributed by atoms with Crippen LogP contribution in [0.5, 0.6) is 0 Å². The van der Waals surface area contributed by atoms with Gasteiger partial charge in [-0.25, -0.2) is 18.1 Å². The highest BCUT2D eigenvalue weighted by atomic mass is 32.2. The summed E-state index contributed by atoms with van der Waals surface area (Å²) in [5, 5.41) is 9.99. The zero-order chi connectivity index (χ0) is 23.9. The van der Waals surface area contributed by atoms with Crippen LogP contribution >= 0.6 is 11.3 Å². The molecule has 1 amide bonds. The number of carbonyl (C=O) groups is 1. The van der Waals surface area contributed by atoms with Crippen molar-refractivity contribution in [3.05, 3.63) is 59.6 Å². The number of hydrogen-bond acceptors (Lipinski definition) is 6. The molecule has 10 heteroatoms. The fraction of sp³-hybridized carbons (Fsp3) is 0.292. The lowest BCUT2D eigenvalue weighted by Crippen LogP contribution is -2.27. The van der Waals surface area contributed by atoms with Gasteiger partial charge in [0.15, 0.2) is 5.65 Å². The Morgan fingerprint density at radius 1 is 1.12 bits per heavy atom. The SMILES string of the molecule is CC(C)n1ncc2c(C(=O)Nc3ccc(S(=O)(=O)N4CCCC4)cc3)cc(-c3cccs3)nc21. The molecule has 1 fully saturated rings. The van der Waals surface area contributed by atoms with Gasteiger partial charge in [0.1, 0.15) is 0 Å². The van der Waals surface area contributed by atoms with E-state index in [1.807, 2.05) is 31.4 Å². The summed E-state index contributed by atoms with van der Waals surface area (Å²) in [4.78, 5) is 19.3. The highest BCUT2D eigenvalue weighted by Crippen LogP contribution is 2.30. The van der Waals surface area contributed by atoms with Crippen LogP contribution in [0.2, 0.25) is 0 Å². The number of nitrogens with zero attached hydrogens (tertiary/aromatic N) is 4. The van der Waals surface area contributed by atoms with E-state index >= 15 is 0 Å². The average Bonchev–Trinajstić information content (AvgIpc) is 3.60. The van der Waals surface area contributed by atoms with Gasteiger partial charge in [-0.1, -0.05) is 6.07 Å². The molecule has 0 unspecified atom stereocenters. The Labute approximate surface area is 202 Å². The third-order valence-electron chi connectivity index (χ3n) is 5.89. The molecule has 0 bridgehead atoms. The van der Waals surface area contributed by atoms with E-state index < -0.39 is 10.0 Å². The highest BCUT2D eigenvalue weighted by molar-refractivity contribution is 7.89. The number of aromatic nitrogens is 3. The predicted molar refractivity (Wildman–Crippen MR) is 134 cm³/mol. The maximum absolute atomic E-state index is 13.3. The smallest absolute Gasteiger partial charge is 0.256 e. The number of anilines is 1. The topological polar surface area (TPSA) is 97.2 Å². The minimum atomic E-state index is -3.50. The Balaban J connectivity index is 1.46. The number of sulfonamides is 1. The maximum Gasteiger partial charge on any atom is 0.256 e. The van der Waals surface area contributed by atoms with E-state index in [9.17, 15) is 13.2 Å². The van der Waals surface area contributed by atoms with E-state index in [1.165, 1.54) is 4.31 Å². The molecule has 1 aromatic carbocycles. The van der Waals surface area contributed by atoms with Crippen molar-refractivity contribution in [1.29, 1.82) is 0 Å². The summed E-state index contributed by atoms with van der Waals surface area (Å²) in [6.45, 7) is 5.14. The van der Waals surface area contributed by atoms with Gasteiger partial charge in [0.2, 0.25) is 10.0 Å². The van der Waals surface area contributed by atoms with Crippen LogP contribution < -0.4 is 5.32 Å². The van der Waals surface area contributed by atoms with E-state index in [0.717, 1.165) is 17.7 Å². The number of hydrogen-bond donors (Lipinski definition) is 1. The number of fused-ring (bicyclic) bond motifs is 1. The van der Waals surface area contributed by atoms with Crippen molar-refractivity contribution < 1.29 is 13.2 Å². The van der Waals surface area contributed by atoms with E-state index in [2.05, 4.69) is 10.4 Å². The van der Waals surface area contributed by atoms with Gasteiger partial charge in [-0.05, 0) is 68.5 Å². The molecule has 1 N–H and O–H groups in total. The Kier molecular flexibility index (Phi) is 5.97. The van der Waals surface area contributed by atoms with Crippen molar-refractivity contribution in [2.24, 2.45) is 0 Å². The van der Waals surface area contributed by atoms with Gasteiger partial charge < -0.3 is 5.32 Å². The molecule has 34 heavy (non-hydrogen) atoms. The van der Waals surface area contributed by atoms with Gasteiger partial charge in [0, 0.05) is 24.8 Å². The zero-order valence-corrected chi connectivity index (χ0v) is 20.6. The van der Waals surface area contributed by atoms with Crippen molar-refractivity contribution in [2.75, 3.05) is 18.4 Å². The highest BCUT2D eigenvalue weighted by Gasteiger charge is 2.27. The van der Waals surface area contributed by atoms with Crippen LogP contribution in [0.4, 0.5) is 5.69 Å². The monoisotopic (exact) mass is 495 g/mol. The predicted octanol–water partition coefficient (Wildman–Crippen LogP) is 4.78. The van der Waals surface area contributed by atoms with Crippen LogP contribution in [0, 0.1) is 0 Å². The first-order valence-electron chi connectivity index (χ1n) is 11.2. The molecule has 3 aromatic heterocycles. The lowest BCUT2D eigenvalue weighted by molar-refractivity contribution is 0.102. The van der Waals surface area contributed by atoms with Gasteiger partial charge in [-0.3, -0.25) is 4.79 Å². The lowest BCUT2D eigenvalue weighted by Gasteiger charge is -2.15. The molecule has 1 saturated heterocycles. The third-order valence-corrected chi connectivity index (χ3v) is 8.69. The average molecular weight is 496 g/mol. The molecule has 4 heterocycles. The first kappa shape index (κ1) is 22.7. The number of carbonyl (C=O) groups excluding carboxylic acids is 1. The summed E-state index contributed by atoms with van der Waals surface area (Å²) in [7, 11) is -3.50. The van der Waals surface area contributed by atoms with Crippen molar-refractivity contribution in [1.82, 2.24) is 19.1 Å². The first-order chi connectivity index (χ1) is 16.3. The van der Waals surface area contributed by atoms with E-state index in [4.69, 9.17) is 4.98 Å². The van der Waals surface area contributed by atoms with Crippen molar-refractivity contribution >= 4 is 44.0 Å². The zero-order valence-electron chi connectivity index (χ0n) is 18.9. The molecule has 0 atom stereocenters. The summed E-state index contributed by atoms with van der Waals surface area (Å²) < 4.78 is 28.8. The standard InChI is InChI=1S/C24H25N5O3S2/c1-16(2)29-23-20(15-25-29)19(14-21(27-23)22-6-5-13-33-22)24(30)26-17-7-9-18(10-8-17)34(31,32)28-11-3-4-12-28/h5-10,13-16H,3-4,11-12H2,1-2H3,(H,26,30). The van der Waals surface area contributed by atoms with E-state index in [1.54, 1.807) is 52.5 Å². The van der Waals surface area contributed by atoms with Gasteiger partial charge in [0.25, 0.3) is 5.91 Å². The van der Waals surface area contributed by atoms with E-state index in [0.29, 0.717) is 41.1 Å². The fourth-order valence-electron chi connectivity index (χ4n) is 4.12. The van der Waals surface area contributed by atoms with Gasteiger partial charge in [0.05, 0.1) is 32.6 Å². The van der Waals surface area contributed by atoms with Crippen molar-refractivity contribution in [3.8, 4) is 10.6 Å². The van der Waals surface area contributed by atoms with Crippen LogP contribution in [0.3, 0.4) is 0 Å². The summed E-state index contributed by atoms with van der Waals surface area (Å²) in [5.41, 5.74) is 2.35. The quantitative estimate of drug-likeness (QED) is 0.415. The number of nitrogens with one attached hydrogen (secondary N) is 1. The molecule has 176 valence electrons. The third kappa shape index (κ3) is 4.13. The number of rotatable bonds is 6. The summed E-state index contributed by atoms with van der Waals surface area (Å²) in [5.74, 6) is -0.302. The summed E-state index contributed by atoms with van der Waals surface area (Å²) in [6.07, 6.45) is 3.43. The van der Waals surface area contributed by atoms with Crippen LogP contribution in [0.25, 0.3) is 21.6 Å². The second-order valence-electron chi connectivity index (χ2n) is 8.54. The molecular formula is C24H25N5O3S2. The van der Waals surface area contributed by atoms with Crippen molar-refractivity contribution in [3.63, 3.8) is 0 Å². The van der Waals surface area contributed by atoms with Crippen LogP contribution in [-0.2, 0) is 10.0 Å². The number of benzene rings is 1. The molecule has 0 aliphatic carbocycles. The molecule has 0 saturated carbocycles. The largest absolute Gasteiger partial charge is 0.322 e.